The number of methoxy groups -OCH3 is 2. The number of nitrogens with zero attached hydrogens (tertiary/aromatic N) is 2. The van der Waals surface area contributed by atoms with Crippen molar-refractivity contribution in [2.45, 2.75) is 5.88 Å². The lowest BCUT2D eigenvalue weighted by Crippen LogP contribution is -1.90. The molecule has 0 saturated heterocycles. The number of alkyl halides is 1. The molecule has 0 fully saturated rings. The molecular formula is C11H11ClN2O2S. The van der Waals surface area contributed by atoms with Crippen molar-refractivity contribution < 1.29 is 9.47 Å². The van der Waals surface area contributed by atoms with Crippen molar-refractivity contribution in [3.8, 4) is 22.1 Å². The molecule has 0 spiro atoms. The summed E-state index contributed by atoms with van der Waals surface area (Å²) in [6, 6.07) is 5.58. The van der Waals surface area contributed by atoms with Gasteiger partial charge in [0.05, 0.1) is 25.7 Å². The zero-order valence-corrected chi connectivity index (χ0v) is 11.0. The summed E-state index contributed by atoms with van der Waals surface area (Å²) in [5.74, 6) is 1.82. The molecule has 0 unspecified atom stereocenters. The van der Waals surface area contributed by atoms with Gasteiger partial charge in [-0.05, 0) is 12.1 Å². The Morgan fingerprint density at radius 3 is 2.65 bits per heavy atom. The van der Waals surface area contributed by atoms with Gasteiger partial charge in [-0.2, -0.15) is 0 Å². The SMILES string of the molecule is COc1ccc(-c2nnc(CCl)s2)c(OC)c1. The highest BCUT2D eigenvalue weighted by atomic mass is 35.5. The van der Waals surface area contributed by atoms with Crippen molar-refractivity contribution in [2.24, 2.45) is 0 Å². The van der Waals surface area contributed by atoms with Gasteiger partial charge in [-0.3, -0.25) is 0 Å². The Morgan fingerprint density at radius 1 is 1.24 bits per heavy atom. The quantitative estimate of drug-likeness (QED) is 0.801. The second-order valence-electron chi connectivity index (χ2n) is 3.20. The van der Waals surface area contributed by atoms with Gasteiger partial charge in [-0.15, -0.1) is 21.8 Å². The monoisotopic (exact) mass is 270 g/mol. The summed E-state index contributed by atoms with van der Waals surface area (Å²) in [4.78, 5) is 0. The van der Waals surface area contributed by atoms with Crippen LogP contribution in [0.25, 0.3) is 10.6 Å². The normalized spacial score (nSPS) is 10.3. The third-order valence-electron chi connectivity index (χ3n) is 2.22. The van der Waals surface area contributed by atoms with Crippen LogP contribution in [0.2, 0.25) is 0 Å². The standard InChI is InChI=1S/C11H11ClN2O2S/c1-15-7-3-4-8(9(5-7)16-2)11-14-13-10(6-12)17-11/h3-5H,6H2,1-2H3. The van der Waals surface area contributed by atoms with E-state index in [0.29, 0.717) is 11.6 Å². The molecule has 0 saturated carbocycles. The smallest absolute Gasteiger partial charge is 0.151 e. The Hall–Kier alpha value is -1.33. The molecule has 1 aromatic carbocycles. The highest BCUT2D eigenvalue weighted by Gasteiger charge is 2.12. The lowest BCUT2D eigenvalue weighted by atomic mass is 10.2. The average Bonchev–Trinajstić information content (AvgIpc) is 2.86. The molecule has 0 N–H and O–H groups in total. The van der Waals surface area contributed by atoms with Crippen LogP contribution in [0.4, 0.5) is 0 Å². The van der Waals surface area contributed by atoms with E-state index >= 15 is 0 Å². The summed E-state index contributed by atoms with van der Waals surface area (Å²) in [5.41, 5.74) is 0.891. The molecule has 4 nitrogen and oxygen atoms in total. The van der Waals surface area contributed by atoms with E-state index in [0.717, 1.165) is 21.3 Å². The summed E-state index contributed by atoms with van der Waals surface area (Å²) in [6.45, 7) is 0. The molecule has 1 aromatic heterocycles. The maximum atomic E-state index is 5.71. The Bertz CT molecular complexity index is 516. The average molecular weight is 271 g/mol. The molecular weight excluding hydrogens is 260 g/mol. The van der Waals surface area contributed by atoms with Crippen molar-refractivity contribution >= 4 is 22.9 Å². The second-order valence-corrected chi connectivity index (χ2v) is 4.53. The molecule has 0 aliphatic heterocycles. The summed E-state index contributed by atoms with van der Waals surface area (Å²) >= 11 is 7.16. The van der Waals surface area contributed by atoms with E-state index in [2.05, 4.69) is 10.2 Å². The van der Waals surface area contributed by atoms with Crippen LogP contribution in [0, 0.1) is 0 Å². The molecule has 6 heteroatoms. The molecule has 0 aliphatic rings. The van der Waals surface area contributed by atoms with Crippen LogP contribution in [0.1, 0.15) is 5.01 Å². The van der Waals surface area contributed by atoms with Crippen LogP contribution >= 0.6 is 22.9 Å². The predicted octanol–water partition coefficient (Wildman–Crippen LogP) is 2.96. The third-order valence-corrected chi connectivity index (χ3v) is 3.59. The largest absolute Gasteiger partial charge is 0.497 e. The molecule has 0 bridgehead atoms. The van der Waals surface area contributed by atoms with Crippen LogP contribution in [0.15, 0.2) is 18.2 Å². The number of hydrogen-bond donors (Lipinski definition) is 0. The lowest BCUT2D eigenvalue weighted by molar-refractivity contribution is 0.395. The topological polar surface area (TPSA) is 44.2 Å². The first-order valence-electron chi connectivity index (χ1n) is 4.89. The number of ether oxygens (including phenoxy) is 2. The summed E-state index contributed by atoms with van der Waals surface area (Å²) in [6.07, 6.45) is 0. The Balaban J connectivity index is 2.43. The van der Waals surface area contributed by atoms with Crippen molar-refractivity contribution in [2.75, 3.05) is 14.2 Å². The third kappa shape index (κ3) is 2.50. The summed E-state index contributed by atoms with van der Waals surface area (Å²) in [7, 11) is 3.23. The Kier molecular flexibility index (Phi) is 3.81. The maximum Gasteiger partial charge on any atom is 0.151 e. The van der Waals surface area contributed by atoms with E-state index in [9.17, 15) is 0 Å². The van der Waals surface area contributed by atoms with Crippen LogP contribution in [0.5, 0.6) is 11.5 Å². The van der Waals surface area contributed by atoms with E-state index in [1.807, 2.05) is 18.2 Å². The van der Waals surface area contributed by atoms with Gasteiger partial charge >= 0.3 is 0 Å². The fourth-order valence-corrected chi connectivity index (χ4v) is 2.33. The van der Waals surface area contributed by atoms with Gasteiger partial charge < -0.3 is 9.47 Å². The Labute approximate surface area is 108 Å². The van der Waals surface area contributed by atoms with Gasteiger partial charge in [0.2, 0.25) is 0 Å². The number of aromatic nitrogens is 2. The van der Waals surface area contributed by atoms with Crippen molar-refractivity contribution in [1.82, 2.24) is 10.2 Å². The fourth-order valence-electron chi connectivity index (χ4n) is 1.39. The first-order chi connectivity index (χ1) is 8.28. The molecule has 2 rings (SSSR count). The van der Waals surface area contributed by atoms with Crippen LogP contribution in [-0.4, -0.2) is 24.4 Å². The van der Waals surface area contributed by atoms with Gasteiger partial charge in [0.25, 0.3) is 0 Å². The predicted molar refractivity (Wildman–Crippen MR) is 68.0 cm³/mol. The van der Waals surface area contributed by atoms with Gasteiger partial charge in [-0.1, -0.05) is 11.3 Å². The van der Waals surface area contributed by atoms with Crippen molar-refractivity contribution in [3.63, 3.8) is 0 Å². The molecule has 1 heterocycles. The number of hydrogen-bond acceptors (Lipinski definition) is 5. The minimum absolute atomic E-state index is 0.371. The molecule has 0 atom stereocenters. The molecule has 0 aliphatic carbocycles. The number of rotatable bonds is 4. The number of halogens is 1. The highest BCUT2D eigenvalue weighted by Crippen LogP contribution is 2.34. The zero-order valence-electron chi connectivity index (χ0n) is 9.44. The van der Waals surface area contributed by atoms with E-state index in [4.69, 9.17) is 21.1 Å². The van der Waals surface area contributed by atoms with Gasteiger partial charge in [0, 0.05) is 6.07 Å². The minimum atomic E-state index is 0.371. The van der Waals surface area contributed by atoms with E-state index in [1.54, 1.807) is 14.2 Å². The molecule has 2 aromatic rings. The van der Waals surface area contributed by atoms with Crippen molar-refractivity contribution in [1.29, 1.82) is 0 Å². The molecule has 17 heavy (non-hydrogen) atoms. The van der Waals surface area contributed by atoms with Gasteiger partial charge in [0.1, 0.15) is 16.5 Å². The Morgan fingerprint density at radius 2 is 2.06 bits per heavy atom. The van der Waals surface area contributed by atoms with Crippen molar-refractivity contribution in [3.05, 3.63) is 23.2 Å². The van der Waals surface area contributed by atoms with E-state index < -0.39 is 0 Å². The van der Waals surface area contributed by atoms with Gasteiger partial charge in [0.15, 0.2) is 5.01 Å². The lowest BCUT2D eigenvalue weighted by Gasteiger charge is -2.07. The first-order valence-corrected chi connectivity index (χ1v) is 6.24. The first kappa shape index (κ1) is 12.1. The van der Waals surface area contributed by atoms with E-state index in [1.165, 1.54) is 11.3 Å². The zero-order chi connectivity index (χ0) is 12.3. The minimum Gasteiger partial charge on any atom is -0.497 e. The summed E-state index contributed by atoms with van der Waals surface area (Å²) < 4.78 is 10.5. The van der Waals surface area contributed by atoms with Crippen LogP contribution < -0.4 is 9.47 Å². The molecule has 90 valence electrons. The van der Waals surface area contributed by atoms with E-state index in [-0.39, 0.29) is 0 Å². The van der Waals surface area contributed by atoms with Gasteiger partial charge in [-0.25, -0.2) is 0 Å². The fraction of sp³-hybridized carbons (Fsp3) is 0.273. The second kappa shape index (κ2) is 5.33. The summed E-state index contributed by atoms with van der Waals surface area (Å²) in [5, 5.41) is 9.65. The maximum absolute atomic E-state index is 5.71. The molecule has 0 radical (unpaired) electrons. The molecule has 0 amide bonds. The number of benzene rings is 1. The van der Waals surface area contributed by atoms with Crippen LogP contribution in [0.3, 0.4) is 0 Å². The van der Waals surface area contributed by atoms with Crippen LogP contribution in [-0.2, 0) is 5.88 Å². The highest BCUT2D eigenvalue weighted by molar-refractivity contribution is 7.14.